The molecule has 0 spiro atoms. The van der Waals surface area contributed by atoms with Gasteiger partial charge in [-0.2, -0.15) is 0 Å². The van der Waals surface area contributed by atoms with Crippen LogP contribution in [0.2, 0.25) is 0 Å². The van der Waals surface area contributed by atoms with Crippen LogP contribution >= 0.6 is 0 Å². The summed E-state index contributed by atoms with van der Waals surface area (Å²) in [6, 6.07) is 0. The Labute approximate surface area is 106 Å². The van der Waals surface area contributed by atoms with Crippen LogP contribution in [0.3, 0.4) is 0 Å². The first-order valence-electron chi connectivity index (χ1n) is 6.84. The van der Waals surface area contributed by atoms with Gasteiger partial charge in [0.05, 0.1) is 0 Å². The Hall–Kier alpha value is -0.730. The molecular formula is C14H28O3. The second-order valence-corrected chi connectivity index (χ2v) is 5.11. The molecule has 1 atom stereocenters. The van der Waals surface area contributed by atoms with Crippen LogP contribution in [-0.2, 0) is 9.47 Å². The van der Waals surface area contributed by atoms with Crippen LogP contribution in [0.5, 0.6) is 0 Å². The van der Waals surface area contributed by atoms with Gasteiger partial charge in [-0.3, -0.25) is 0 Å². The molecule has 17 heavy (non-hydrogen) atoms. The molecule has 0 heterocycles. The summed E-state index contributed by atoms with van der Waals surface area (Å²) in [4.78, 5) is 11.6. The fourth-order valence-corrected chi connectivity index (χ4v) is 1.43. The van der Waals surface area contributed by atoms with Crippen molar-refractivity contribution in [3.63, 3.8) is 0 Å². The molecule has 0 rings (SSSR count). The lowest BCUT2D eigenvalue weighted by Crippen LogP contribution is -2.29. The van der Waals surface area contributed by atoms with Gasteiger partial charge in [0.1, 0.15) is 11.7 Å². The molecule has 1 unspecified atom stereocenters. The van der Waals surface area contributed by atoms with Crippen molar-refractivity contribution in [2.24, 2.45) is 0 Å². The summed E-state index contributed by atoms with van der Waals surface area (Å²) in [6.45, 7) is 9.99. The molecule has 0 amide bonds. The van der Waals surface area contributed by atoms with Gasteiger partial charge in [-0.25, -0.2) is 4.79 Å². The van der Waals surface area contributed by atoms with Crippen molar-refractivity contribution < 1.29 is 14.3 Å². The molecule has 0 aliphatic carbocycles. The summed E-state index contributed by atoms with van der Waals surface area (Å²) in [7, 11) is 0. The molecule has 3 nitrogen and oxygen atoms in total. The van der Waals surface area contributed by atoms with Crippen molar-refractivity contribution in [3.05, 3.63) is 0 Å². The Morgan fingerprint density at radius 3 is 2.29 bits per heavy atom. The highest BCUT2D eigenvalue weighted by Crippen LogP contribution is 2.17. The highest BCUT2D eigenvalue weighted by molar-refractivity contribution is 5.60. The van der Waals surface area contributed by atoms with Crippen LogP contribution < -0.4 is 0 Å². The molecule has 0 aromatic heterocycles. The van der Waals surface area contributed by atoms with Crippen LogP contribution in [-0.4, -0.2) is 17.9 Å². The van der Waals surface area contributed by atoms with E-state index in [1.165, 1.54) is 12.8 Å². The lowest BCUT2D eigenvalue weighted by Gasteiger charge is -2.24. The Morgan fingerprint density at radius 2 is 1.82 bits per heavy atom. The van der Waals surface area contributed by atoms with Gasteiger partial charge in [0.15, 0.2) is 0 Å². The number of hydrogen-bond donors (Lipinski definition) is 0. The minimum Gasteiger partial charge on any atom is -0.431 e. The molecule has 0 radical (unpaired) electrons. The molecule has 0 aliphatic heterocycles. The molecule has 0 N–H and O–H groups in total. The maximum absolute atomic E-state index is 11.6. The monoisotopic (exact) mass is 244 g/mol. The first-order chi connectivity index (χ1) is 7.95. The Bertz CT molecular complexity index is 212. The van der Waals surface area contributed by atoms with Crippen molar-refractivity contribution in [2.45, 2.75) is 84.8 Å². The predicted molar refractivity (Wildman–Crippen MR) is 70.2 cm³/mol. The number of carbonyl (C=O) groups excluding carboxylic acids is 1. The van der Waals surface area contributed by atoms with Crippen molar-refractivity contribution in [1.82, 2.24) is 0 Å². The molecule has 0 bridgehead atoms. The molecular weight excluding hydrogens is 216 g/mol. The predicted octanol–water partition coefficient (Wildman–Crippen LogP) is 4.69. The highest BCUT2D eigenvalue weighted by atomic mass is 16.7. The van der Waals surface area contributed by atoms with Crippen LogP contribution in [0.15, 0.2) is 0 Å². The van der Waals surface area contributed by atoms with Crippen LogP contribution in [0.25, 0.3) is 0 Å². The number of rotatable bonds is 8. The summed E-state index contributed by atoms with van der Waals surface area (Å²) in [5.41, 5.74) is -0.432. The number of ether oxygens (including phenoxy) is 2. The normalized spacial score (nSPS) is 13.2. The summed E-state index contributed by atoms with van der Waals surface area (Å²) in [6.07, 6.45) is 5.53. The SMILES string of the molecule is CCCCCC(CC)OC(=O)OC(C)(C)CC. The zero-order chi connectivity index (χ0) is 13.3. The van der Waals surface area contributed by atoms with Gasteiger partial charge in [-0.1, -0.05) is 33.6 Å². The zero-order valence-electron chi connectivity index (χ0n) is 12.0. The maximum atomic E-state index is 11.6. The van der Waals surface area contributed by atoms with Gasteiger partial charge in [0, 0.05) is 0 Å². The number of unbranched alkanes of at least 4 members (excludes halogenated alkanes) is 2. The molecule has 0 aromatic carbocycles. The van der Waals surface area contributed by atoms with E-state index in [0.29, 0.717) is 0 Å². The average molecular weight is 244 g/mol. The molecule has 3 heteroatoms. The largest absolute Gasteiger partial charge is 0.509 e. The van der Waals surface area contributed by atoms with E-state index in [1.54, 1.807) is 0 Å². The Morgan fingerprint density at radius 1 is 1.18 bits per heavy atom. The quantitative estimate of drug-likeness (QED) is 0.459. The van der Waals surface area contributed by atoms with Gasteiger partial charge in [0.2, 0.25) is 0 Å². The van der Waals surface area contributed by atoms with E-state index in [4.69, 9.17) is 9.47 Å². The second kappa shape index (κ2) is 8.37. The Kier molecular flexibility index (Phi) is 8.01. The Balaban J connectivity index is 3.97. The van der Waals surface area contributed by atoms with Crippen molar-refractivity contribution in [2.75, 3.05) is 0 Å². The third-order valence-corrected chi connectivity index (χ3v) is 3.06. The van der Waals surface area contributed by atoms with Crippen molar-refractivity contribution in [3.8, 4) is 0 Å². The van der Waals surface area contributed by atoms with Gasteiger partial charge in [-0.05, 0) is 39.5 Å². The lowest BCUT2D eigenvalue weighted by atomic mass is 10.1. The van der Waals surface area contributed by atoms with Gasteiger partial charge < -0.3 is 9.47 Å². The molecule has 0 saturated carbocycles. The summed E-state index contributed by atoms with van der Waals surface area (Å²) < 4.78 is 10.6. The van der Waals surface area contributed by atoms with Gasteiger partial charge in [-0.15, -0.1) is 0 Å². The van der Waals surface area contributed by atoms with E-state index in [-0.39, 0.29) is 6.10 Å². The topological polar surface area (TPSA) is 35.5 Å². The molecule has 102 valence electrons. The smallest absolute Gasteiger partial charge is 0.431 e. The fraction of sp³-hybridized carbons (Fsp3) is 0.929. The minimum absolute atomic E-state index is 0.00158. The highest BCUT2D eigenvalue weighted by Gasteiger charge is 2.23. The summed E-state index contributed by atoms with van der Waals surface area (Å²) >= 11 is 0. The van der Waals surface area contributed by atoms with E-state index in [2.05, 4.69) is 6.92 Å². The van der Waals surface area contributed by atoms with Gasteiger partial charge in [0.25, 0.3) is 0 Å². The van der Waals surface area contributed by atoms with Gasteiger partial charge >= 0.3 is 6.16 Å². The molecule has 0 aliphatic rings. The van der Waals surface area contributed by atoms with E-state index >= 15 is 0 Å². The van der Waals surface area contributed by atoms with Crippen molar-refractivity contribution >= 4 is 6.16 Å². The van der Waals surface area contributed by atoms with Crippen molar-refractivity contribution in [1.29, 1.82) is 0 Å². The second-order valence-electron chi connectivity index (χ2n) is 5.11. The standard InChI is InChI=1S/C14H28O3/c1-6-9-10-11-12(7-2)16-13(15)17-14(4,5)8-3/h12H,6-11H2,1-5H3. The summed E-state index contributed by atoms with van der Waals surface area (Å²) in [5.74, 6) is 0. The third-order valence-electron chi connectivity index (χ3n) is 3.06. The first-order valence-corrected chi connectivity index (χ1v) is 6.84. The zero-order valence-corrected chi connectivity index (χ0v) is 12.0. The minimum atomic E-state index is -0.528. The van der Waals surface area contributed by atoms with E-state index < -0.39 is 11.8 Å². The number of hydrogen-bond acceptors (Lipinski definition) is 3. The number of carbonyl (C=O) groups is 1. The summed E-state index contributed by atoms with van der Waals surface area (Å²) in [5, 5.41) is 0. The van der Waals surface area contributed by atoms with Crippen LogP contribution in [0.4, 0.5) is 4.79 Å². The maximum Gasteiger partial charge on any atom is 0.509 e. The van der Waals surface area contributed by atoms with E-state index in [1.807, 2.05) is 27.7 Å². The molecule has 0 aromatic rings. The van der Waals surface area contributed by atoms with E-state index in [0.717, 1.165) is 25.7 Å². The lowest BCUT2D eigenvalue weighted by molar-refractivity contribution is -0.0380. The fourth-order valence-electron chi connectivity index (χ4n) is 1.43. The third kappa shape index (κ3) is 8.06. The van der Waals surface area contributed by atoms with Crippen LogP contribution in [0, 0.1) is 0 Å². The molecule has 0 fully saturated rings. The van der Waals surface area contributed by atoms with Crippen LogP contribution in [0.1, 0.15) is 73.1 Å². The average Bonchev–Trinajstić information content (AvgIpc) is 2.27. The first kappa shape index (κ1) is 16.3. The molecule has 0 saturated heterocycles. The van der Waals surface area contributed by atoms with E-state index in [9.17, 15) is 4.79 Å².